The smallest absolute Gasteiger partial charge is 0.410 e. The van der Waals surface area contributed by atoms with Gasteiger partial charge in [-0.2, -0.15) is 0 Å². The van der Waals surface area contributed by atoms with Crippen LogP contribution in [0.4, 0.5) is 4.79 Å². The second-order valence-corrected chi connectivity index (χ2v) is 9.19. The number of aliphatic imine (C=N–C) groups is 1. The first-order valence-electron chi connectivity index (χ1n) is 11.3. The molecule has 1 unspecified atom stereocenters. The Morgan fingerprint density at radius 1 is 1.21 bits per heavy atom. The first-order chi connectivity index (χ1) is 13.7. The number of likely N-dealkylation sites (tertiary alicyclic amines) is 1. The van der Waals surface area contributed by atoms with Crippen molar-refractivity contribution in [2.75, 3.05) is 39.3 Å². The molecule has 0 bridgehead atoms. The zero-order chi connectivity index (χ0) is 21.9. The van der Waals surface area contributed by atoms with Crippen LogP contribution in [-0.2, 0) is 4.74 Å². The average molecular weight is 413 g/mol. The molecule has 1 rings (SSSR count). The summed E-state index contributed by atoms with van der Waals surface area (Å²) in [6, 6.07) is 0. The Bertz CT molecular complexity index is 513. The van der Waals surface area contributed by atoms with Gasteiger partial charge in [0, 0.05) is 39.3 Å². The van der Waals surface area contributed by atoms with Gasteiger partial charge >= 0.3 is 6.09 Å². The quantitative estimate of drug-likeness (QED) is 0.399. The van der Waals surface area contributed by atoms with Gasteiger partial charge in [0.05, 0.1) is 0 Å². The van der Waals surface area contributed by atoms with E-state index in [1.54, 1.807) is 0 Å². The normalized spacial score (nSPS) is 18.5. The predicted octanol–water partition coefficient (Wildman–Crippen LogP) is 3.38. The van der Waals surface area contributed by atoms with Crippen LogP contribution < -0.4 is 10.6 Å². The summed E-state index contributed by atoms with van der Waals surface area (Å²) in [6.07, 6.45) is 4.63. The fraction of sp³-hybridized carbons (Fsp3) is 0.909. The van der Waals surface area contributed by atoms with E-state index in [4.69, 9.17) is 9.73 Å². The van der Waals surface area contributed by atoms with E-state index in [9.17, 15) is 9.90 Å². The molecular weight excluding hydrogens is 368 g/mol. The molecule has 1 aliphatic rings. The fourth-order valence-corrected chi connectivity index (χ4v) is 3.70. The Labute approximate surface area is 177 Å². The number of hydrogen-bond acceptors (Lipinski definition) is 4. The van der Waals surface area contributed by atoms with E-state index in [-0.39, 0.29) is 18.1 Å². The van der Waals surface area contributed by atoms with Gasteiger partial charge in [0.1, 0.15) is 5.60 Å². The van der Waals surface area contributed by atoms with E-state index >= 15 is 0 Å². The maximum atomic E-state index is 12.4. The van der Waals surface area contributed by atoms with Crippen LogP contribution in [0.5, 0.6) is 0 Å². The van der Waals surface area contributed by atoms with Crippen molar-refractivity contribution in [1.29, 1.82) is 0 Å². The molecule has 0 spiro atoms. The average Bonchev–Trinajstić information content (AvgIpc) is 2.68. The highest BCUT2D eigenvalue weighted by Gasteiger charge is 2.28. The van der Waals surface area contributed by atoms with Crippen LogP contribution in [0, 0.1) is 11.3 Å². The lowest BCUT2D eigenvalue weighted by molar-refractivity contribution is 0.0168. The molecular formula is C22H44N4O3. The number of hydrogen-bond donors (Lipinski definition) is 3. The predicted molar refractivity (Wildman–Crippen MR) is 119 cm³/mol. The topological polar surface area (TPSA) is 86.2 Å². The third-order valence-corrected chi connectivity index (χ3v) is 5.79. The van der Waals surface area contributed by atoms with Gasteiger partial charge in [0.25, 0.3) is 0 Å². The summed E-state index contributed by atoms with van der Waals surface area (Å²) in [4.78, 5) is 19.0. The Balaban J connectivity index is 2.65. The molecule has 7 heteroatoms. The Hall–Kier alpha value is -1.50. The van der Waals surface area contributed by atoms with E-state index in [0.29, 0.717) is 19.0 Å². The monoisotopic (exact) mass is 412 g/mol. The van der Waals surface area contributed by atoms with Crippen LogP contribution >= 0.6 is 0 Å². The van der Waals surface area contributed by atoms with Crippen molar-refractivity contribution in [3.05, 3.63) is 0 Å². The van der Waals surface area contributed by atoms with Crippen molar-refractivity contribution in [2.24, 2.45) is 16.3 Å². The van der Waals surface area contributed by atoms with Crippen molar-refractivity contribution in [1.82, 2.24) is 15.5 Å². The highest BCUT2D eigenvalue weighted by Crippen LogP contribution is 2.30. The molecule has 0 saturated carbocycles. The largest absolute Gasteiger partial charge is 0.444 e. The lowest BCUT2D eigenvalue weighted by atomic mass is 9.79. The number of aliphatic hydroxyl groups is 1. The van der Waals surface area contributed by atoms with Crippen LogP contribution in [-0.4, -0.2) is 67.0 Å². The fourth-order valence-electron chi connectivity index (χ4n) is 3.70. The van der Waals surface area contributed by atoms with Gasteiger partial charge in [-0.1, -0.05) is 13.8 Å². The minimum atomic E-state index is -0.466. The summed E-state index contributed by atoms with van der Waals surface area (Å²) >= 11 is 0. The zero-order valence-corrected chi connectivity index (χ0v) is 19.5. The van der Waals surface area contributed by atoms with E-state index in [1.807, 2.05) is 25.7 Å². The summed E-state index contributed by atoms with van der Waals surface area (Å²) in [5, 5.41) is 16.2. The number of amides is 1. The summed E-state index contributed by atoms with van der Waals surface area (Å²) < 4.78 is 5.52. The van der Waals surface area contributed by atoms with Gasteiger partial charge in [0.15, 0.2) is 5.96 Å². The molecule has 1 amide bonds. The molecule has 7 nitrogen and oxygen atoms in total. The number of carbonyl (C=O) groups is 1. The van der Waals surface area contributed by atoms with Gasteiger partial charge in [0.2, 0.25) is 0 Å². The highest BCUT2D eigenvalue weighted by atomic mass is 16.6. The third kappa shape index (κ3) is 9.24. The summed E-state index contributed by atoms with van der Waals surface area (Å²) in [7, 11) is 0. The Kier molecular flexibility index (Phi) is 10.8. The number of nitrogens with zero attached hydrogens (tertiary/aromatic N) is 2. The number of carbonyl (C=O) groups excluding carboxylic acids is 1. The summed E-state index contributed by atoms with van der Waals surface area (Å²) in [5.74, 6) is 1.19. The van der Waals surface area contributed by atoms with E-state index < -0.39 is 5.60 Å². The molecule has 170 valence electrons. The van der Waals surface area contributed by atoms with Crippen LogP contribution in [0.2, 0.25) is 0 Å². The number of nitrogens with one attached hydrogen (secondary N) is 2. The molecule has 0 aromatic rings. The second kappa shape index (κ2) is 12.3. The Morgan fingerprint density at radius 3 is 2.45 bits per heavy atom. The standard InChI is InChI=1S/C22H44N4O3/c1-7-22(8-2,12-14-27)17-25-19(23-9-3)24-15-18-11-10-13-26(16-18)20(28)29-21(4,5)6/h18,27H,7-17H2,1-6H3,(H2,23,24,25). The van der Waals surface area contributed by atoms with Gasteiger partial charge in [-0.05, 0) is 71.1 Å². The summed E-state index contributed by atoms with van der Waals surface area (Å²) in [5.41, 5.74) is -0.414. The number of piperidine rings is 1. The van der Waals surface area contributed by atoms with Crippen LogP contribution in [0.25, 0.3) is 0 Å². The molecule has 0 aliphatic carbocycles. The maximum Gasteiger partial charge on any atom is 0.410 e. The van der Waals surface area contributed by atoms with Gasteiger partial charge in [-0.15, -0.1) is 0 Å². The summed E-state index contributed by atoms with van der Waals surface area (Å²) in [6.45, 7) is 16.0. The SMILES string of the molecule is CCNC(=NCC(CC)(CC)CCO)NCC1CCCN(C(=O)OC(C)(C)C)C1. The number of guanidine groups is 1. The van der Waals surface area contributed by atoms with Crippen molar-refractivity contribution in [2.45, 2.75) is 79.2 Å². The minimum absolute atomic E-state index is 0.0510. The van der Waals surface area contributed by atoms with Crippen molar-refractivity contribution < 1.29 is 14.6 Å². The highest BCUT2D eigenvalue weighted by molar-refractivity contribution is 5.79. The van der Waals surface area contributed by atoms with Gasteiger partial charge in [-0.3, -0.25) is 4.99 Å². The van der Waals surface area contributed by atoms with Gasteiger partial charge in [-0.25, -0.2) is 4.79 Å². The number of ether oxygens (including phenoxy) is 1. The maximum absolute atomic E-state index is 12.4. The minimum Gasteiger partial charge on any atom is -0.444 e. The molecule has 0 radical (unpaired) electrons. The second-order valence-electron chi connectivity index (χ2n) is 9.19. The third-order valence-electron chi connectivity index (χ3n) is 5.79. The Morgan fingerprint density at radius 2 is 1.90 bits per heavy atom. The van der Waals surface area contributed by atoms with E-state index in [2.05, 4.69) is 31.4 Å². The first-order valence-corrected chi connectivity index (χ1v) is 11.3. The molecule has 1 atom stereocenters. The van der Waals surface area contributed by atoms with Crippen molar-refractivity contribution in [3.63, 3.8) is 0 Å². The molecule has 1 fully saturated rings. The van der Waals surface area contributed by atoms with E-state index in [0.717, 1.165) is 57.7 Å². The van der Waals surface area contributed by atoms with Crippen LogP contribution in [0.15, 0.2) is 4.99 Å². The first kappa shape index (κ1) is 25.5. The molecule has 0 aromatic heterocycles. The van der Waals surface area contributed by atoms with Crippen molar-refractivity contribution >= 4 is 12.1 Å². The number of rotatable bonds is 9. The van der Waals surface area contributed by atoms with Gasteiger partial charge < -0.3 is 25.4 Å². The van der Waals surface area contributed by atoms with Crippen LogP contribution in [0.1, 0.15) is 73.6 Å². The lowest BCUT2D eigenvalue weighted by Gasteiger charge is -2.34. The van der Waals surface area contributed by atoms with Crippen LogP contribution in [0.3, 0.4) is 0 Å². The molecule has 1 aliphatic heterocycles. The lowest BCUT2D eigenvalue weighted by Crippen LogP contribution is -2.47. The van der Waals surface area contributed by atoms with E-state index in [1.165, 1.54) is 0 Å². The molecule has 1 heterocycles. The molecule has 0 aromatic carbocycles. The molecule has 3 N–H and O–H groups in total. The molecule has 1 saturated heterocycles. The van der Waals surface area contributed by atoms with Crippen molar-refractivity contribution in [3.8, 4) is 0 Å². The number of aliphatic hydroxyl groups excluding tert-OH is 1. The zero-order valence-electron chi connectivity index (χ0n) is 19.5. The molecule has 29 heavy (non-hydrogen) atoms.